The lowest BCUT2D eigenvalue weighted by molar-refractivity contribution is -0.112. The van der Waals surface area contributed by atoms with Gasteiger partial charge >= 0.3 is 0 Å². The number of hydrogen-bond donors (Lipinski definition) is 1. The Balaban J connectivity index is 1.83. The van der Waals surface area contributed by atoms with Gasteiger partial charge in [0, 0.05) is 14.6 Å². The number of carbonyl (C=O) groups excluding carboxylic acids is 1. The van der Waals surface area contributed by atoms with E-state index in [-0.39, 0.29) is 18.0 Å². The maximum absolute atomic E-state index is 13.1. The van der Waals surface area contributed by atoms with Gasteiger partial charge < -0.3 is 14.8 Å². The monoisotopic (exact) mass is 572 g/mol. The molecule has 0 atom stereocenters. The predicted octanol–water partition coefficient (Wildman–Crippen LogP) is 6.87. The summed E-state index contributed by atoms with van der Waals surface area (Å²) in [6.45, 7) is 2.46. The van der Waals surface area contributed by atoms with E-state index in [0.29, 0.717) is 33.8 Å². The molecule has 0 spiro atoms. The molecule has 0 aliphatic heterocycles. The van der Waals surface area contributed by atoms with Crippen molar-refractivity contribution >= 4 is 49.5 Å². The molecule has 0 aliphatic carbocycles. The topological polar surface area (TPSA) is 71.3 Å². The molecule has 3 rings (SSSR count). The van der Waals surface area contributed by atoms with E-state index in [1.807, 2.05) is 13.0 Å². The second kappa shape index (κ2) is 11.6. The molecule has 0 aliphatic rings. The fraction of sp³-hybridized carbons (Fsp3) is 0.120. The molecule has 1 N–H and O–H groups in total. The van der Waals surface area contributed by atoms with Crippen LogP contribution >= 0.6 is 31.9 Å². The molecule has 8 heteroatoms. The van der Waals surface area contributed by atoms with Gasteiger partial charge in [-0.2, -0.15) is 5.26 Å². The van der Waals surface area contributed by atoms with Crippen molar-refractivity contribution in [2.24, 2.45) is 0 Å². The number of nitriles is 1. The number of benzene rings is 3. The molecule has 168 valence electrons. The summed E-state index contributed by atoms with van der Waals surface area (Å²) in [6.07, 6.45) is 1.48. The Kier molecular flexibility index (Phi) is 8.64. The third-order valence-corrected chi connectivity index (χ3v) is 5.65. The summed E-state index contributed by atoms with van der Waals surface area (Å²) in [5, 5.41) is 12.2. The van der Waals surface area contributed by atoms with E-state index in [1.54, 1.807) is 48.5 Å². The predicted molar refractivity (Wildman–Crippen MR) is 132 cm³/mol. The van der Waals surface area contributed by atoms with Crippen LogP contribution in [0, 0.1) is 17.1 Å². The SMILES string of the molecule is CCOc1cc(/C=C(\C#N)C(=O)Nc2ccc(Br)cc2)c(Br)cc1OCc1ccc(F)cc1. The first-order valence-electron chi connectivity index (χ1n) is 9.92. The molecule has 0 saturated carbocycles. The smallest absolute Gasteiger partial charge is 0.266 e. The van der Waals surface area contributed by atoms with Crippen molar-refractivity contribution < 1.29 is 18.7 Å². The Morgan fingerprint density at radius 3 is 2.36 bits per heavy atom. The van der Waals surface area contributed by atoms with Crippen LogP contribution in [-0.4, -0.2) is 12.5 Å². The number of rotatable bonds is 8. The fourth-order valence-corrected chi connectivity index (χ4v) is 3.52. The van der Waals surface area contributed by atoms with Gasteiger partial charge in [0.25, 0.3) is 5.91 Å². The third kappa shape index (κ3) is 6.91. The van der Waals surface area contributed by atoms with Gasteiger partial charge in [-0.25, -0.2) is 4.39 Å². The molecule has 0 radical (unpaired) electrons. The molecule has 0 heterocycles. The molecule has 0 aromatic heterocycles. The van der Waals surface area contributed by atoms with Crippen molar-refractivity contribution in [3.63, 3.8) is 0 Å². The third-order valence-electron chi connectivity index (χ3n) is 4.44. The Labute approximate surface area is 208 Å². The minimum Gasteiger partial charge on any atom is -0.490 e. The lowest BCUT2D eigenvalue weighted by Crippen LogP contribution is -2.13. The molecule has 0 bridgehead atoms. The standard InChI is InChI=1S/C25H19Br2FN2O3/c1-2-32-23-12-17(11-18(14-29)25(31)30-21-9-5-19(26)6-10-21)22(27)13-24(23)33-15-16-3-7-20(28)8-4-16/h3-13H,2,15H2,1H3,(H,30,31)/b18-11+. The highest BCUT2D eigenvalue weighted by Gasteiger charge is 2.14. The maximum atomic E-state index is 13.1. The number of nitrogens with zero attached hydrogens (tertiary/aromatic N) is 1. The summed E-state index contributed by atoms with van der Waals surface area (Å²) < 4.78 is 26.2. The van der Waals surface area contributed by atoms with Gasteiger partial charge in [-0.3, -0.25) is 4.79 Å². The van der Waals surface area contributed by atoms with E-state index in [1.165, 1.54) is 18.2 Å². The van der Waals surface area contributed by atoms with Gasteiger partial charge in [-0.05, 0) is 72.7 Å². The van der Waals surface area contributed by atoms with Crippen molar-refractivity contribution in [2.45, 2.75) is 13.5 Å². The van der Waals surface area contributed by atoms with Crippen LogP contribution < -0.4 is 14.8 Å². The molecular weight excluding hydrogens is 555 g/mol. The van der Waals surface area contributed by atoms with E-state index >= 15 is 0 Å². The molecule has 3 aromatic carbocycles. The molecule has 0 unspecified atom stereocenters. The number of carbonyl (C=O) groups is 1. The van der Waals surface area contributed by atoms with Gasteiger partial charge in [-0.15, -0.1) is 0 Å². The normalized spacial score (nSPS) is 10.9. The summed E-state index contributed by atoms with van der Waals surface area (Å²) in [6, 6.07) is 18.4. The van der Waals surface area contributed by atoms with Crippen LogP contribution in [0.5, 0.6) is 11.5 Å². The van der Waals surface area contributed by atoms with Gasteiger partial charge in [0.1, 0.15) is 24.1 Å². The van der Waals surface area contributed by atoms with Crippen molar-refractivity contribution in [2.75, 3.05) is 11.9 Å². The van der Waals surface area contributed by atoms with Crippen LogP contribution in [0.2, 0.25) is 0 Å². The van der Waals surface area contributed by atoms with E-state index in [0.717, 1.165) is 10.0 Å². The number of nitrogens with one attached hydrogen (secondary N) is 1. The first kappa shape index (κ1) is 24.5. The second-order valence-corrected chi connectivity index (χ2v) is 8.57. The van der Waals surface area contributed by atoms with E-state index in [4.69, 9.17) is 9.47 Å². The van der Waals surface area contributed by atoms with Crippen LogP contribution in [0.15, 0.2) is 75.2 Å². The van der Waals surface area contributed by atoms with Crippen LogP contribution in [-0.2, 0) is 11.4 Å². The molecule has 3 aromatic rings. The molecule has 0 fully saturated rings. The summed E-state index contributed by atoms with van der Waals surface area (Å²) in [5.74, 6) is 0.0918. The number of halogens is 3. The Bertz CT molecular complexity index is 1200. The van der Waals surface area contributed by atoms with Crippen LogP contribution in [0.25, 0.3) is 6.08 Å². The zero-order valence-corrected chi connectivity index (χ0v) is 20.7. The molecule has 33 heavy (non-hydrogen) atoms. The average molecular weight is 574 g/mol. The van der Waals surface area contributed by atoms with Crippen molar-refractivity contribution in [3.8, 4) is 17.6 Å². The van der Waals surface area contributed by atoms with Crippen LogP contribution in [0.3, 0.4) is 0 Å². The minimum absolute atomic E-state index is 0.0685. The number of amides is 1. The lowest BCUT2D eigenvalue weighted by atomic mass is 10.1. The zero-order valence-electron chi connectivity index (χ0n) is 17.6. The molecule has 5 nitrogen and oxygen atoms in total. The Morgan fingerprint density at radius 1 is 1.06 bits per heavy atom. The lowest BCUT2D eigenvalue weighted by Gasteiger charge is -2.14. The van der Waals surface area contributed by atoms with E-state index in [9.17, 15) is 14.4 Å². The van der Waals surface area contributed by atoms with Gasteiger partial charge in [-0.1, -0.05) is 44.0 Å². The second-order valence-electron chi connectivity index (χ2n) is 6.80. The van der Waals surface area contributed by atoms with Gasteiger partial charge in [0.2, 0.25) is 0 Å². The zero-order chi connectivity index (χ0) is 23.8. The highest BCUT2D eigenvalue weighted by atomic mass is 79.9. The first-order chi connectivity index (χ1) is 15.9. The minimum atomic E-state index is -0.527. The summed E-state index contributed by atoms with van der Waals surface area (Å²) in [7, 11) is 0. The van der Waals surface area contributed by atoms with Gasteiger partial charge in [0.15, 0.2) is 11.5 Å². The largest absolute Gasteiger partial charge is 0.490 e. The van der Waals surface area contributed by atoms with E-state index < -0.39 is 5.91 Å². The fourth-order valence-electron chi connectivity index (χ4n) is 2.82. The molecular formula is C25H19Br2FN2O3. The van der Waals surface area contributed by atoms with Crippen molar-refractivity contribution in [1.82, 2.24) is 0 Å². The Hall–Kier alpha value is -3.15. The quantitative estimate of drug-likeness (QED) is 0.236. The summed E-state index contributed by atoms with van der Waals surface area (Å²) in [5.41, 5.74) is 1.88. The number of anilines is 1. The van der Waals surface area contributed by atoms with Crippen LogP contribution in [0.4, 0.5) is 10.1 Å². The number of hydrogen-bond acceptors (Lipinski definition) is 4. The first-order valence-corrected chi connectivity index (χ1v) is 11.5. The number of ether oxygens (including phenoxy) is 2. The average Bonchev–Trinajstić information content (AvgIpc) is 2.80. The van der Waals surface area contributed by atoms with E-state index in [2.05, 4.69) is 37.2 Å². The highest BCUT2D eigenvalue weighted by molar-refractivity contribution is 9.10. The summed E-state index contributed by atoms with van der Waals surface area (Å²) in [4.78, 5) is 12.6. The molecule has 1 amide bonds. The maximum Gasteiger partial charge on any atom is 0.266 e. The highest BCUT2D eigenvalue weighted by Crippen LogP contribution is 2.35. The van der Waals surface area contributed by atoms with Crippen molar-refractivity contribution in [1.29, 1.82) is 5.26 Å². The molecule has 0 saturated heterocycles. The van der Waals surface area contributed by atoms with Crippen molar-refractivity contribution in [3.05, 3.63) is 92.1 Å². The summed E-state index contributed by atoms with van der Waals surface area (Å²) >= 11 is 6.81. The van der Waals surface area contributed by atoms with Crippen LogP contribution in [0.1, 0.15) is 18.1 Å². The Morgan fingerprint density at radius 2 is 1.73 bits per heavy atom. The van der Waals surface area contributed by atoms with Gasteiger partial charge in [0.05, 0.1) is 6.61 Å².